The van der Waals surface area contributed by atoms with E-state index in [9.17, 15) is 30.0 Å². The van der Waals surface area contributed by atoms with Gasteiger partial charge in [0.15, 0.2) is 0 Å². The predicted molar refractivity (Wildman–Crippen MR) is 67.8 cm³/mol. The second-order valence-corrected chi connectivity index (χ2v) is 4.94. The molecule has 0 saturated carbocycles. The first-order chi connectivity index (χ1) is 11.8. The molecule has 0 fully saturated rings. The van der Waals surface area contributed by atoms with E-state index < -0.39 is 74.0 Å². The van der Waals surface area contributed by atoms with Crippen molar-refractivity contribution in [2.24, 2.45) is 0 Å². The van der Waals surface area contributed by atoms with Gasteiger partial charge in [0.2, 0.25) is 0 Å². The van der Waals surface area contributed by atoms with Gasteiger partial charge in [-0.1, -0.05) is 6.10 Å². The van der Waals surface area contributed by atoms with Gasteiger partial charge >= 0.3 is 39.0 Å². The summed E-state index contributed by atoms with van der Waals surface area (Å²) in [7, 11) is 0. The van der Waals surface area contributed by atoms with Crippen molar-refractivity contribution < 1.29 is 110 Å². The van der Waals surface area contributed by atoms with Crippen molar-refractivity contribution in [1.82, 2.24) is 0 Å². The molecule has 0 aromatic carbocycles. The van der Waals surface area contributed by atoms with E-state index in [1.165, 1.54) is 0 Å². The van der Waals surface area contributed by atoms with Crippen LogP contribution in [0, 0.1) is 0 Å². The number of carboxylic acid groups (broad SMARTS) is 2. The fourth-order valence-corrected chi connectivity index (χ4v) is 1.30. The summed E-state index contributed by atoms with van der Waals surface area (Å²) in [6, 6.07) is 0. The minimum Gasteiger partial charge on any atom is -0.851 e. The number of carbonyl (C=O) groups excluding carboxylic acids is 2. The number of aliphatic carboxylic acids is 2. The molecule has 0 aromatic heterocycles. The maximum Gasteiger partial charge on any atom is 2.00 e. The van der Waals surface area contributed by atoms with Crippen LogP contribution in [0.3, 0.4) is 0 Å². The third-order valence-corrected chi connectivity index (χ3v) is 2.94. The summed E-state index contributed by atoms with van der Waals surface area (Å²) in [5, 5.41) is 110. The molecule has 0 aliphatic rings. The topological polar surface area (TPSA) is 288 Å². The van der Waals surface area contributed by atoms with Crippen LogP contribution in [0.5, 0.6) is 0 Å². The third-order valence-electron chi connectivity index (χ3n) is 2.94. The smallest absolute Gasteiger partial charge is 0.851 e. The molecule has 8 N–H and O–H groups in total. The zero-order valence-corrected chi connectivity index (χ0v) is 20.4. The van der Waals surface area contributed by atoms with Crippen molar-refractivity contribution in [3.8, 4) is 0 Å². The first-order valence-electron chi connectivity index (χ1n) is 6.86. The predicted octanol–water partition coefficient (Wildman–Crippen LogP) is -10.9. The Morgan fingerprint density at radius 1 is 0.679 bits per heavy atom. The number of hydrogen-bond acceptors (Lipinski definition) is 14. The van der Waals surface area contributed by atoms with E-state index in [-0.39, 0.29) is 39.0 Å². The van der Waals surface area contributed by atoms with Crippen LogP contribution in [-0.2, 0) is 48.5 Å². The Bertz CT molecular complexity index is 389. The quantitative estimate of drug-likeness (QED) is 0.124. The Morgan fingerprint density at radius 3 is 1.32 bits per heavy atom. The molecule has 16 heteroatoms. The van der Waals surface area contributed by atoms with E-state index in [1.54, 1.807) is 0 Å². The fraction of sp³-hybridized carbons (Fsp3) is 0.833. The van der Waals surface area contributed by atoms with Gasteiger partial charge in [-0.2, -0.15) is 0 Å². The van der Waals surface area contributed by atoms with Gasteiger partial charge in [0.25, 0.3) is 0 Å². The van der Waals surface area contributed by atoms with Crippen LogP contribution in [0.1, 0.15) is 0 Å². The molecule has 0 bridgehead atoms. The maximum absolute atomic E-state index is 10.7. The second kappa shape index (κ2) is 17.6. The van der Waals surface area contributed by atoms with Crippen molar-refractivity contribution in [3.05, 3.63) is 0 Å². The van der Waals surface area contributed by atoms with Crippen LogP contribution in [0.4, 0.5) is 0 Å². The van der Waals surface area contributed by atoms with Crippen molar-refractivity contribution in [3.63, 3.8) is 0 Å². The molecular formula is C12H20O14Zn2. The van der Waals surface area contributed by atoms with Crippen molar-refractivity contribution >= 4 is 11.9 Å². The van der Waals surface area contributed by atoms with Crippen LogP contribution in [0.25, 0.3) is 0 Å². The number of carbonyl (C=O) groups is 2. The summed E-state index contributed by atoms with van der Waals surface area (Å²) in [5.74, 6) is -4.12. The molecule has 14 nitrogen and oxygen atoms in total. The largest absolute Gasteiger partial charge is 2.00 e. The van der Waals surface area contributed by atoms with Gasteiger partial charge in [-0.15, -0.1) is 6.10 Å². The van der Waals surface area contributed by atoms with Gasteiger partial charge in [0, 0.05) is 5.97 Å². The third kappa shape index (κ3) is 12.4. The molecule has 0 heterocycles. The summed E-state index contributed by atoms with van der Waals surface area (Å²) >= 11 is 0. The summed E-state index contributed by atoms with van der Waals surface area (Å²) in [4.78, 5) is 19.9. The average molecular weight is 519 g/mol. The van der Waals surface area contributed by atoms with Gasteiger partial charge in [-0.05, 0) is 0 Å². The average Bonchev–Trinajstić information content (AvgIpc) is 2.62. The van der Waals surface area contributed by atoms with Crippen LogP contribution in [0.15, 0.2) is 0 Å². The Hall–Kier alpha value is -0.213. The Labute approximate surface area is 183 Å². The molecule has 0 aliphatic heterocycles. The number of carboxylic acids is 2. The molecule has 0 unspecified atom stereocenters. The molecule has 0 radical (unpaired) electrons. The van der Waals surface area contributed by atoms with E-state index >= 15 is 0 Å². The summed E-state index contributed by atoms with van der Waals surface area (Å²) in [6.07, 6.45) is -17.2. The van der Waals surface area contributed by atoms with Crippen LogP contribution in [0.2, 0.25) is 0 Å². The molecule has 0 rings (SSSR count). The second-order valence-electron chi connectivity index (χ2n) is 4.94. The molecule has 0 aromatic rings. The number of aliphatic hydroxyl groups is 8. The van der Waals surface area contributed by atoms with Gasteiger partial charge in [-0.3, -0.25) is 0 Å². The van der Waals surface area contributed by atoms with Gasteiger partial charge < -0.3 is 70.9 Å². The SMILES string of the molecule is O=C([O-])[C@H](O)[C@@H](O)[C@H](O)[C@H](O)CO.O=C([O-])[C@H]([O-])[C@@H]([O-])[C@H](O)[C@H](O)CO.[Zn+2].[Zn+2]. The molecular weight excluding hydrogens is 499 g/mol. The normalized spacial score (nSPS) is 18.9. The van der Waals surface area contributed by atoms with E-state index in [0.717, 1.165) is 0 Å². The van der Waals surface area contributed by atoms with E-state index in [2.05, 4.69) is 0 Å². The van der Waals surface area contributed by atoms with Crippen molar-refractivity contribution in [1.29, 1.82) is 0 Å². The first-order valence-corrected chi connectivity index (χ1v) is 6.86. The Kier molecular flexibility index (Phi) is 22.2. The fourth-order valence-electron chi connectivity index (χ4n) is 1.30. The summed E-state index contributed by atoms with van der Waals surface area (Å²) in [6.45, 7) is -1.79. The van der Waals surface area contributed by atoms with E-state index in [1.807, 2.05) is 0 Å². The molecule has 156 valence electrons. The molecule has 0 spiro atoms. The van der Waals surface area contributed by atoms with E-state index in [0.29, 0.717) is 0 Å². The minimum atomic E-state index is -2.67. The molecule has 0 amide bonds. The monoisotopic (exact) mass is 516 g/mol. The Balaban J connectivity index is -0.000000192. The van der Waals surface area contributed by atoms with Crippen LogP contribution >= 0.6 is 0 Å². The summed E-state index contributed by atoms with van der Waals surface area (Å²) < 4.78 is 0. The van der Waals surface area contributed by atoms with Gasteiger partial charge in [0.1, 0.15) is 30.5 Å². The minimum absolute atomic E-state index is 0. The van der Waals surface area contributed by atoms with Gasteiger partial charge in [-0.25, -0.2) is 0 Å². The zero-order valence-electron chi connectivity index (χ0n) is 14.5. The Morgan fingerprint density at radius 2 is 1.04 bits per heavy atom. The molecule has 8 atom stereocenters. The van der Waals surface area contributed by atoms with Crippen LogP contribution < -0.4 is 20.4 Å². The number of aliphatic hydroxyl groups excluding tert-OH is 8. The molecule has 0 saturated heterocycles. The number of hydrogen-bond donors (Lipinski definition) is 8. The summed E-state index contributed by atoms with van der Waals surface area (Å²) in [5.41, 5.74) is 0. The molecule has 28 heavy (non-hydrogen) atoms. The van der Waals surface area contributed by atoms with Gasteiger partial charge in [0.05, 0.1) is 25.3 Å². The first kappa shape index (κ1) is 35.2. The van der Waals surface area contributed by atoms with Crippen molar-refractivity contribution in [2.75, 3.05) is 13.2 Å². The van der Waals surface area contributed by atoms with Crippen molar-refractivity contribution in [2.45, 2.75) is 48.8 Å². The molecule has 0 aliphatic carbocycles. The van der Waals surface area contributed by atoms with Crippen LogP contribution in [-0.4, -0.2) is 115 Å². The van der Waals surface area contributed by atoms with E-state index in [4.69, 9.17) is 40.9 Å². The standard InChI is InChI=1S/C6H12O7.C6H10O7.2Zn/c2*7-1-2(8)3(9)4(10)5(11)6(12)13;;/h2-5,7-11H,1H2,(H,12,13);2-5,7-9H,1H2,(H,12,13);;/q;-2;2*+2/p-2/t2*2-,3-,4+,5-;;/m11../s1. The maximum atomic E-state index is 10.7. The zero-order chi connectivity index (χ0) is 21.2. The number of rotatable bonds is 10.